The number of benzene rings is 1. The first kappa shape index (κ1) is 14.7. The van der Waals surface area contributed by atoms with Crippen molar-refractivity contribution >= 4 is 17.1 Å². The normalized spacial score (nSPS) is 10.6. The van der Waals surface area contributed by atoms with E-state index in [1.54, 1.807) is 6.92 Å². The number of hydrogen-bond donors (Lipinski definition) is 0. The summed E-state index contributed by atoms with van der Waals surface area (Å²) in [7, 11) is 0. The van der Waals surface area contributed by atoms with Gasteiger partial charge in [-0.3, -0.25) is 4.79 Å². The van der Waals surface area contributed by atoms with Crippen molar-refractivity contribution in [2.75, 3.05) is 6.61 Å². The number of thiazole rings is 1. The Kier molecular flexibility index (Phi) is 4.55. The van der Waals surface area contributed by atoms with Gasteiger partial charge in [0.2, 0.25) is 0 Å². The van der Waals surface area contributed by atoms with Crippen LogP contribution in [0.4, 0.5) is 0 Å². The third kappa shape index (κ3) is 3.45. The Morgan fingerprint density at radius 1 is 1.25 bits per heavy atom. The predicted molar refractivity (Wildman–Crippen MR) is 82.0 cm³/mol. The third-order valence-electron chi connectivity index (χ3n) is 3.22. The van der Waals surface area contributed by atoms with Gasteiger partial charge in [-0.05, 0) is 44.0 Å². The Labute approximate surface area is 123 Å². The summed E-state index contributed by atoms with van der Waals surface area (Å²) in [6.45, 7) is 8.19. The number of Topliss-reactive ketones (excluding diaryl/α,β-unsaturated/α-hetero) is 1. The Morgan fingerprint density at radius 3 is 2.60 bits per heavy atom. The van der Waals surface area contributed by atoms with Crippen LogP contribution in [0.5, 0.6) is 5.75 Å². The highest BCUT2D eigenvalue weighted by Crippen LogP contribution is 2.20. The zero-order valence-corrected chi connectivity index (χ0v) is 13.1. The molecule has 3 nitrogen and oxygen atoms in total. The van der Waals surface area contributed by atoms with Crippen LogP contribution in [0.1, 0.15) is 38.4 Å². The van der Waals surface area contributed by atoms with Crippen LogP contribution in [0.3, 0.4) is 0 Å². The topological polar surface area (TPSA) is 39.2 Å². The van der Waals surface area contributed by atoms with Gasteiger partial charge in [-0.2, -0.15) is 0 Å². The van der Waals surface area contributed by atoms with Gasteiger partial charge < -0.3 is 4.74 Å². The van der Waals surface area contributed by atoms with Crippen molar-refractivity contribution in [3.63, 3.8) is 0 Å². The minimum Gasteiger partial charge on any atom is -0.493 e. The van der Waals surface area contributed by atoms with Crippen molar-refractivity contribution in [1.29, 1.82) is 0 Å². The summed E-state index contributed by atoms with van der Waals surface area (Å²) in [6, 6.07) is 6.09. The number of carbonyl (C=O) groups excluding carboxylic acids is 1. The summed E-state index contributed by atoms with van der Waals surface area (Å²) in [6.07, 6.45) is 0.728. The lowest BCUT2D eigenvalue weighted by Gasteiger charge is -2.07. The number of ketones is 1. The Bertz CT molecular complexity index is 631. The molecule has 1 heterocycles. The molecule has 0 N–H and O–H groups in total. The summed E-state index contributed by atoms with van der Waals surface area (Å²) in [5.74, 6) is 0.967. The molecule has 106 valence electrons. The van der Waals surface area contributed by atoms with Crippen molar-refractivity contribution in [3.8, 4) is 5.75 Å². The van der Waals surface area contributed by atoms with E-state index in [9.17, 15) is 4.79 Å². The molecule has 2 rings (SSSR count). The van der Waals surface area contributed by atoms with Crippen LogP contribution < -0.4 is 4.74 Å². The van der Waals surface area contributed by atoms with Crippen LogP contribution in [0.25, 0.3) is 0 Å². The van der Waals surface area contributed by atoms with Crippen LogP contribution in [0.2, 0.25) is 0 Å². The molecule has 0 radical (unpaired) electrons. The fourth-order valence-electron chi connectivity index (χ4n) is 1.95. The smallest absolute Gasteiger partial charge is 0.171 e. The molecule has 0 saturated heterocycles. The Hall–Kier alpha value is -1.68. The summed E-state index contributed by atoms with van der Waals surface area (Å²) in [5, 5.41) is 0.955. The van der Waals surface area contributed by atoms with E-state index in [1.165, 1.54) is 22.5 Å². The first-order chi connectivity index (χ1) is 9.47. The van der Waals surface area contributed by atoms with Gasteiger partial charge in [0.1, 0.15) is 5.75 Å². The zero-order valence-electron chi connectivity index (χ0n) is 12.3. The zero-order chi connectivity index (χ0) is 14.7. The molecule has 1 aromatic heterocycles. The molecule has 0 unspecified atom stereocenters. The van der Waals surface area contributed by atoms with Crippen molar-refractivity contribution < 1.29 is 9.53 Å². The van der Waals surface area contributed by atoms with Gasteiger partial charge in [0.15, 0.2) is 5.78 Å². The van der Waals surface area contributed by atoms with Crippen molar-refractivity contribution in [2.24, 2.45) is 0 Å². The third-order valence-corrected chi connectivity index (χ3v) is 4.54. The van der Waals surface area contributed by atoms with E-state index >= 15 is 0 Å². The van der Waals surface area contributed by atoms with Gasteiger partial charge in [0.25, 0.3) is 0 Å². The number of nitrogens with zero attached hydrogens (tertiary/aromatic N) is 1. The predicted octanol–water partition coefficient (Wildman–Crippen LogP) is 3.89. The lowest BCUT2D eigenvalue weighted by Crippen LogP contribution is -2.01. The lowest BCUT2D eigenvalue weighted by molar-refractivity contribution is 0.102. The van der Waals surface area contributed by atoms with Crippen LogP contribution in [-0.2, 0) is 6.42 Å². The van der Waals surface area contributed by atoms with E-state index in [2.05, 4.69) is 24.9 Å². The quantitative estimate of drug-likeness (QED) is 0.784. The molecular weight excluding hydrogens is 270 g/mol. The molecule has 20 heavy (non-hydrogen) atoms. The number of hydrogen-bond acceptors (Lipinski definition) is 4. The summed E-state index contributed by atoms with van der Waals surface area (Å²) in [4.78, 5) is 16.6. The number of rotatable bonds is 5. The average molecular weight is 289 g/mol. The van der Waals surface area contributed by atoms with Gasteiger partial charge >= 0.3 is 0 Å². The summed E-state index contributed by atoms with van der Waals surface area (Å²) in [5.41, 5.74) is 3.31. The van der Waals surface area contributed by atoms with E-state index in [0.717, 1.165) is 27.7 Å². The van der Waals surface area contributed by atoms with E-state index in [-0.39, 0.29) is 5.78 Å². The van der Waals surface area contributed by atoms with Crippen LogP contribution in [-0.4, -0.2) is 17.4 Å². The molecule has 0 aliphatic rings. The first-order valence-electron chi connectivity index (χ1n) is 6.64. The molecule has 0 saturated carbocycles. The molecule has 1 aromatic carbocycles. The molecule has 0 aliphatic carbocycles. The number of aryl methyl sites for hydroxylation is 3. The van der Waals surface area contributed by atoms with Crippen molar-refractivity contribution in [1.82, 2.24) is 4.98 Å². The summed E-state index contributed by atoms with van der Waals surface area (Å²) < 4.78 is 5.74. The largest absolute Gasteiger partial charge is 0.493 e. The van der Waals surface area contributed by atoms with E-state index in [1.807, 2.05) is 19.1 Å². The summed E-state index contributed by atoms with van der Waals surface area (Å²) >= 11 is 1.47. The van der Waals surface area contributed by atoms with Crippen LogP contribution in [0.15, 0.2) is 18.2 Å². The molecule has 4 heteroatoms. The molecular formula is C16H19NO2S. The van der Waals surface area contributed by atoms with Gasteiger partial charge in [0, 0.05) is 13.3 Å². The SMILES string of the molecule is CC(=O)c1sc(CCOc2ccc(C)c(C)c2)nc1C. The Balaban J connectivity index is 1.94. The van der Waals surface area contributed by atoms with Gasteiger partial charge in [0.05, 0.1) is 22.2 Å². The molecule has 0 spiro atoms. The average Bonchev–Trinajstić information content (AvgIpc) is 2.75. The molecule has 2 aromatic rings. The fourth-order valence-corrected chi connectivity index (χ4v) is 2.89. The van der Waals surface area contributed by atoms with E-state index in [4.69, 9.17) is 4.74 Å². The number of carbonyl (C=O) groups is 1. The fraction of sp³-hybridized carbons (Fsp3) is 0.375. The van der Waals surface area contributed by atoms with Crippen molar-refractivity contribution in [2.45, 2.75) is 34.1 Å². The number of aromatic nitrogens is 1. The van der Waals surface area contributed by atoms with Crippen LogP contribution in [0, 0.1) is 20.8 Å². The highest BCUT2D eigenvalue weighted by molar-refractivity contribution is 7.13. The van der Waals surface area contributed by atoms with Gasteiger partial charge in [-0.25, -0.2) is 4.98 Å². The molecule has 0 atom stereocenters. The molecule has 0 bridgehead atoms. The molecule has 0 amide bonds. The molecule has 0 fully saturated rings. The molecule has 0 aliphatic heterocycles. The monoisotopic (exact) mass is 289 g/mol. The van der Waals surface area contributed by atoms with Gasteiger partial charge in [-0.1, -0.05) is 6.07 Å². The van der Waals surface area contributed by atoms with Crippen LogP contribution >= 0.6 is 11.3 Å². The minimum absolute atomic E-state index is 0.0846. The maximum Gasteiger partial charge on any atom is 0.171 e. The van der Waals surface area contributed by atoms with Gasteiger partial charge in [-0.15, -0.1) is 11.3 Å². The second-order valence-electron chi connectivity index (χ2n) is 4.92. The minimum atomic E-state index is 0.0846. The second kappa shape index (κ2) is 6.18. The Morgan fingerprint density at radius 2 is 2.00 bits per heavy atom. The lowest BCUT2D eigenvalue weighted by atomic mass is 10.1. The second-order valence-corrected chi connectivity index (χ2v) is 6.01. The maximum absolute atomic E-state index is 11.4. The maximum atomic E-state index is 11.4. The van der Waals surface area contributed by atoms with E-state index in [0.29, 0.717) is 6.61 Å². The highest BCUT2D eigenvalue weighted by atomic mass is 32.1. The first-order valence-corrected chi connectivity index (χ1v) is 7.46. The highest BCUT2D eigenvalue weighted by Gasteiger charge is 2.11. The standard InChI is InChI=1S/C16H19NO2S/c1-10-5-6-14(9-11(10)2)19-8-7-15-17-12(3)16(20-15)13(4)18/h5-6,9H,7-8H2,1-4H3. The van der Waals surface area contributed by atoms with Crippen molar-refractivity contribution in [3.05, 3.63) is 44.9 Å². The number of ether oxygens (including phenoxy) is 1. The van der Waals surface area contributed by atoms with E-state index < -0.39 is 0 Å².